The second-order valence-corrected chi connectivity index (χ2v) is 4.81. The number of unbranched alkanes of at least 4 members (excludes halogenated alkanes) is 1. The molecule has 0 spiro atoms. The highest BCUT2D eigenvalue weighted by molar-refractivity contribution is 5.86. The lowest BCUT2D eigenvalue weighted by atomic mass is 10.1. The molecule has 0 bridgehead atoms. The number of carbonyl (C=O) groups is 1. The fourth-order valence-electron chi connectivity index (χ4n) is 2.15. The molecule has 19 heavy (non-hydrogen) atoms. The SMILES string of the molecule is CCCCNC(=O)[C@H](N)Cc1c[nH]c2ccccc12. The first-order valence-corrected chi connectivity index (χ1v) is 6.80. The standard InChI is InChI=1S/C15H21N3O/c1-2-3-8-17-15(19)13(16)9-11-10-18-14-7-5-4-6-12(11)14/h4-7,10,13,18H,2-3,8-9,16H2,1H3,(H,17,19)/t13-/m1/s1. The minimum absolute atomic E-state index is 0.0706. The summed E-state index contributed by atoms with van der Waals surface area (Å²) in [4.78, 5) is 15.0. The summed E-state index contributed by atoms with van der Waals surface area (Å²) in [6.07, 6.45) is 4.55. The highest BCUT2D eigenvalue weighted by Gasteiger charge is 2.15. The largest absolute Gasteiger partial charge is 0.361 e. The summed E-state index contributed by atoms with van der Waals surface area (Å²) >= 11 is 0. The van der Waals surface area contributed by atoms with Crippen molar-refractivity contribution in [2.24, 2.45) is 5.73 Å². The number of hydrogen-bond acceptors (Lipinski definition) is 2. The van der Waals surface area contributed by atoms with Gasteiger partial charge in [0.25, 0.3) is 0 Å². The molecule has 0 unspecified atom stereocenters. The summed E-state index contributed by atoms with van der Waals surface area (Å²) in [7, 11) is 0. The van der Waals surface area contributed by atoms with Gasteiger partial charge in [0, 0.05) is 23.6 Å². The summed E-state index contributed by atoms with van der Waals surface area (Å²) in [5, 5.41) is 4.01. The van der Waals surface area contributed by atoms with Crippen molar-refractivity contribution < 1.29 is 4.79 Å². The summed E-state index contributed by atoms with van der Waals surface area (Å²) < 4.78 is 0. The number of carbonyl (C=O) groups excluding carboxylic acids is 1. The number of hydrogen-bond donors (Lipinski definition) is 3. The second-order valence-electron chi connectivity index (χ2n) is 4.81. The number of benzene rings is 1. The molecule has 4 N–H and O–H groups in total. The maximum absolute atomic E-state index is 11.8. The van der Waals surface area contributed by atoms with E-state index >= 15 is 0 Å². The summed E-state index contributed by atoms with van der Waals surface area (Å²) in [6.45, 7) is 2.80. The number of nitrogens with one attached hydrogen (secondary N) is 2. The van der Waals surface area contributed by atoms with Crippen molar-refractivity contribution in [3.8, 4) is 0 Å². The van der Waals surface area contributed by atoms with E-state index in [0.717, 1.165) is 29.3 Å². The zero-order valence-corrected chi connectivity index (χ0v) is 11.3. The molecule has 1 amide bonds. The Labute approximate surface area is 113 Å². The quantitative estimate of drug-likeness (QED) is 0.694. The highest BCUT2D eigenvalue weighted by atomic mass is 16.2. The minimum atomic E-state index is -0.490. The van der Waals surface area contributed by atoms with Crippen LogP contribution in [0, 0.1) is 0 Å². The molecule has 0 fully saturated rings. The van der Waals surface area contributed by atoms with Gasteiger partial charge in [0.05, 0.1) is 6.04 Å². The smallest absolute Gasteiger partial charge is 0.237 e. The molecule has 1 aromatic heterocycles. The van der Waals surface area contributed by atoms with Crippen LogP contribution in [-0.4, -0.2) is 23.5 Å². The van der Waals surface area contributed by atoms with Crippen LogP contribution in [0.15, 0.2) is 30.5 Å². The molecule has 0 aliphatic heterocycles. The van der Waals surface area contributed by atoms with E-state index in [2.05, 4.69) is 17.2 Å². The van der Waals surface area contributed by atoms with Gasteiger partial charge in [-0.25, -0.2) is 0 Å². The third kappa shape index (κ3) is 3.35. The van der Waals surface area contributed by atoms with Gasteiger partial charge >= 0.3 is 0 Å². The topological polar surface area (TPSA) is 70.9 Å². The van der Waals surface area contributed by atoms with E-state index < -0.39 is 6.04 Å². The van der Waals surface area contributed by atoms with Gasteiger partial charge < -0.3 is 16.0 Å². The predicted molar refractivity (Wildman–Crippen MR) is 77.9 cm³/mol. The predicted octanol–water partition coefficient (Wildman–Crippen LogP) is 1.95. The van der Waals surface area contributed by atoms with Crippen molar-refractivity contribution >= 4 is 16.8 Å². The van der Waals surface area contributed by atoms with Crippen LogP contribution < -0.4 is 11.1 Å². The number of fused-ring (bicyclic) bond motifs is 1. The Morgan fingerprint density at radius 3 is 3.00 bits per heavy atom. The van der Waals surface area contributed by atoms with E-state index in [1.54, 1.807) is 0 Å². The number of aromatic amines is 1. The second kappa shape index (κ2) is 6.38. The Morgan fingerprint density at radius 1 is 1.42 bits per heavy atom. The van der Waals surface area contributed by atoms with Crippen LogP contribution in [0.3, 0.4) is 0 Å². The van der Waals surface area contributed by atoms with Gasteiger partial charge in [-0.1, -0.05) is 31.5 Å². The number of amides is 1. The lowest BCUT2D eigenvalue weighted by Gasteiger charge is -2.11. The van der Waals surface area contributed by atoms with Gasteiger partial charge in [0.1, 0.15) is 0 Å². The molecular weight excluding hydrogens is 238 g/mol. The summed E-state index contributed by atoms with van der Waals surface area (Å²) in [5.74, 6) is -0.0706. The number of nitrogens with two attached hydrogens (primary N) is 1. The molecule has 1 heterocycles. The molecule has 1 aromatic carbocycles. The fourth-order valence-corrected chi connectivity index (χ4v) is 2.15. The van der Waals surface area contributed by atoms with E-state index in [-0.39, 0.29) is 5.91 Å². The monoisotopic (exact) mass is 259 g/mol. The van der Waals surface area contributed by atoms with Crippen LogP contribution in [0.25, 0.3) is 10.9 Å². The van der Waals surface area contributed by atoms with Crippen molar-refractivity contribution in [1.29, 1.82) is 0 Å². The molecule has 2 rings (SSSR count). The van der Waals surface area contributed by atoms with Crippen molar-refractivity contribution in [1.82, 2.24) is 10.3 Å². The summed E-state index contributed by atoms with van der Waals surface area (Å²) in [5.41, 5.74) is 8.13. The first kappa shape index (κ1) is 13.6. The van der Waals surface area contributed by atoms with Crippen LogP contribution in [0.1, 0.15) is 25.3 Å². The van der Waals surface area contributed by atoms with Gasteiger partial charge in [-0.2, -0.15) is 0 Å². The van der Waals surface area contributed by atoms with Crippen molar-refractivity contribution in [2.45, 2.75) is 32.2 Å². The zero-order chi connectivity index (χ0) is 13.7. The van der Waals surface area contributed by atoms with Crippen LogP contribution in [0.5, 0.6) is 0 Å². The molecule has 0 radical (unpaired) electrons. The number of rotatable bonds is 6. The Morgan fingerprint density at radius 2 is 2.21 bits per heavy atom. The first-order chi connectivity index (χ1) is 9.22. The lowest BCUT2D eigenvalue weighted by molar-refractivity contribution is -0.122. The molecule has 1 atom stereocenters. The Kier molecular flexibility index (Phi) is 4.58. The van der Waals surface area contributed by atoms with E-state index in [0.29, 0.717) is 13.0 Å². The molecule has 0 saturated carbocycles. The first-order valence-electron chi connectivity index (χ1n) is 6.80. The molecule has 0 saturated heterocycles. The molecule has 0 aliphatic carbocycles. The van der Waals surface area contributed by atoms with Gasteiger partial charge in [-0.3, -0.25) is 4.79 Å². The fraction of sp³-hybridized carbons (Fsp3) is 0.400. The minimum Gasteiger partial charge on any atom is -0.361 e. The molecule has 4 nitrogen and oxygen atoms in total. The van der Waals surface area contributed by atoms with Crippen LogP contribution in [0.4, 0.5) is 0 Å². The normalized spacial score (nSPS) is 12.5. The number of H-pyrrole nitrogens is 1. The molecule has 4 heteroatoms. The van der Waals surface area contributed by atoms with Gasteiger partial charge in [0.2, 0.25) is 5.91 Å². The van der Waals surface area contributed by atoms with E-state index in [9.17, 15) is 4.79 Å². The molecule has 2 aromatic rings. The Hall–Kier alpha value is -1.81. The van der Waals surface area contributed by atoms with Gasteiger partial charge in [-0.05, 0) is 24.5 Å². The zero-order valence-electron chi connectivity index (χ0n) is 11.3. The molecule has 102 valence electrons. The van der Waals surface area contributed by atoms with Crippen molar-refractivity contribution in [3.05, 3.63) is 36.0 Å². The van der Waals surface area contributed by atoms with Gasteiger partial charge in [0.15, 0.2) is 0 Å². The number of aromatic nitrogens is 1. The van der Waals surface area contributed by atoms with E-state index in [1.807, 2.05) is 30.5 Å². The lowest BCUT2D eigenvalue weighted by Crippen LogP contribution is -2.42. The van der Waals surface area contributed by atoms with Gasteiger partial charge in [-0.15, -0.1) is 0 Å². The van der Waals surface area contributed by atoms with Crippen LogP contribution in [-0.2, 0) is 11.2 Å². The Bertz CT molecular complexity index is 547. The third-order valence-electron chi connectivity index (χ3n) is 3.28. The molecular formula is C15H21N3O. The average molecular weight is 259 g/mol. The third-order valence-corrected chi connectivity index (χ3v) is 3.28. The summed E-state index contributed by atoms with van der Waals surface area (Å²) in [6, 6.07) is 7.55. The highest BCUT2D eigenvalue weighted by Crippen LogP contribution is 2.18. The molecule has 0 aliphatic rings. The Balaban J connectivity index is 1.98. The van der Waals surface area contributed by atoms with E-state index in [1.165, 1.54) is 0 Å². The maximum Gasteiger partial charge on any atom is 0.237 e. The number of para-hydroxylation sites is 1. The van der Waals surface area contributed by atoms with E-state index in [4.69, 9.17) is 5.73 Å². The maximum atomic E-state index is 11.8. The van der Waals surface area contributed by atoms with Crippen molar-refractivity contribution in [3.63, 3.8) is 0 Å². The van der Waals surface area contributed by atoms with Crippen molar-refractivity contribution in [2.75, 3.05) is 6.54 Å². The van der Waals surface area contributed by atoms with Crippen LogP contribution in [0.2, 0.25) is 0 Å². The average Bonchev–Trinajstić information content (AvgIpc) is 2.82. The van der Waals surface area contributed by atoms with Crippen LogP contribution >= 0.6 is 0 Å².